The second-order valence-electron chi connectivity index (χ2n) is 10.2. The molecule has 7 heteroatoms. The zero-order valence-corrected chi connectivity index (χ0v) is 21.5. The Morgan fingerprint density at radius 3 is 2.40 bits per heavy atom. The average molecular weight is 476 g/mol. The molecular weight excluding hydrogens is 438 g/mol. The number of urea groups is 1. The van der Waals surface area contributed by atoms with E-state index in [4.69, 9.17) is 5.10 Å². The van der Waals surface area contributed by atoms with Crippen molar-refractivity contribution >= 4 is 34.7 Å². The molecule has 2 aromatic carbocycles. The van der Waals surface area contributed by atoms with Gasteiger partial charge in [-0.05, 0) is 83.6 Å². The van der Waals surface area contributed by atoms with E-state index in [1.807, 2.05) is 57.1 Å². The number of hydrogen-bond donors (Lipinski definition) is 1. The Morgan fingerprint density at radius 2 is 1.77 bits per heavy atom. The number of nitrogens with one attached hydrogen (secondary N) is 1. The Hall–Kier alpha value is -3.19. The maximum absolute atomic E-state index is 13.9. The Bertz CT molecular complexity index is 1100. The van der Waals surface area contributed by atoms with Gasteiger partial charge in [-0.3, -0.25) is 9.69 Å². The van der Waals surface area contributed by atoms with E-state index in [1.165, 1.54) is 19.3 Å². The highest BCUT2D eigenvalue weighted by Crippen LogP contribution is 2.38. The van der Waals surface area contributed by atoms with E-state index in [0.29, 0.717) is 18.2 Å². The average Bonchev–Trinajstić information content (AvgIpc) is 2.93. The minimum absolute atomic E-state index is 0.0777. The molecule has 0 atom stereocenters. The number of fused-ring (bicyclic) bond motifs is 1. The Balaban J connectivity index is 1.75. The fraction of sp³-hybridized carbons (Fsp3) is 0.464. The van der Waals surface area contributed by atoms with Crippen LogP contribution in [0, 0.1) is 12.8 Å². The molecule has 0 bridgehead atoms. The molecule has 1 saturated carbocycles. The number of amides is 3. The van der Waals surface area contributed by atoms with Gasteiger partial charge in [0.1, 0.15) is 0 Å². The van der Waals surface area contributed by atoms with Crippen LogP contribution in [0.4, 0.5) is 21.9 Å². The molecule has 0 aromatic heterocycles. The van der Waals surface area contributed by atoms with Crippen LogP contribution in [0.3, 0.4) is 0 Å². The van der Waals surface area contributed by atoms with Gasteiger partial charge < -0.3 is 10.2 Å². The Kier molecular flexibility index (Phi) is 7.55. The molecule has 0 saturated heterocycles. The zero-order valence-electron chi connectivity index (χ0n) is 21.5. The number of likely N-dealkylation sites (N-methyl/N-ethyl adjacent to an activating group) is 1. The van der Waals surface area contributed by atoms with Gasteiger partial charge in [0.25, 0.3) is 0 Å². The van der Waals surface area contributed by atoms with Gasteiger partial charge in [-0.15, -0.1) is 0 Å². The predicted octanol–water partition coefficient (Wildman–Crippen LogP) is 5.76. The minimum Gasteiger partial charge on any atom is -0.325 e. The van der Waals surface area contributed by atoms with Crippen molar-refractivity contribution in [3.63, 3.8) is 0 Å². The van der Waals surface area contributed by atoms with Crippen molar-refractivity contribution in [2.24, 2.45) is 11.0 Å². The molecule has 0 unspecified atom stereocenters. The SMILES string of the molecule is Cc1ccc2c(c1)N(c1ccc(NC(=O)CN(C)C)cc1)C(=O)N(C(C)C)N=C2C1CCCCC1. The monoisotopic (exact) mass is 475 g/mol. The first kappa shape index (κ1) is 24.9. The van der Waals surface area contributed by atoms with Crippen LogP contribution in [-0.4, -0.2) is 54.2 Å². The molecule has 7 nitrogen and oxygen atoms in total. The van der Waals surface area contributed by atoms with Crippen molar-refractivity contribution < 1.29 is 9.59 Å². The van der Waals surface area contributed by atoms with Crippen molar-refractivity contribution in [3.05, 3.63) is 53.6 Å². The highest BCUT2D eigenvalue weighted by Gasteiger charge is 2.35. The minimum atomic E-state index is -0.165. The molecule has 1 aliphatic carbocycles. The van der Waals surface area contributed by atoms with Crippen LogP contribution in [0.2, 0.25) is 0 Å². The first-order valence-electron chi connectivity index (χ1n) is 12.6. The van der Waals surface area contributed by atoms with E-state index in [1.54, 1.807) is 9.91 Å². The van der Waals surface area contributed by atoms with E-state index >= 15 is 0 Å². The Morgan fingerprint density at radius 1 is 1.09 bits per heavy atom. The van der Waals surface area contributed by atoms with Crippen molar-refractivity contribution in [2.45, 2.75) is 58.9 Å². The number of hydrogen-bond acceptors (Lipinski definition) is 4. The number of carbonyl (C=O) groups excluding carboxylic acids is 2. The number of nitrogens with zero attached hydrogens (tertiary/aromatic N) is 4. The molecule has 0 radical (unpaired) electrons. The van der Waals surface area contributed by atoms with Crippen LogP contribution in [0.25, 0.3) is 0 Å². The summed E-state index contributed by atoms with van der Waals surface area (Å²) in [7, 11) is 3.72. The summed E-state index contributed by atoms with van der Waals surface area (Å²) in [4.78, 5) is 29.7. The van der Waals surface area contributed by atoms with Crippen molar-refractivity contribution in [1.82, 2.24) is 9.91 Å². The standard InChI is InChI=1S/C28H37N5O2/c1-19(2)33-28(35)32(23-14-12-22(13-15-23)29-26(34)18-31(4)5)25-17-20(3)11-16-24(25)27(30-33)21-9-7-6-8-10-21/h11-17,19,21H,6-10,18H2,1-5H3,(H,29,34). The summed E-state index contributed by atoms with van der Waals surface area (Å²) >= 11 is 0. The summed E-state index contributed by atoms with van der Waals surface area (Å²) in [5.41, 5.74) is 5.46. The summed E-state index contributed by atoms with van der Waals surface area (Å²) in [6, 6.07) is 13.5. The first-order valence-corrected chi connectivity index (χ1v) is 12.6. The van der Waals surface area contributed by atoms with Crippen LogP contribution in [-0.2, 0) is 4.79 Å². The van der Waals surface area contributed by atoms with Gasteiger partial charge in [0, 0.05) is 17.2 Å². The molecule has 1 heterocycles. The molecule has 0 spiro atoms. The van der Waals surface area contributed by atoms with E-state index in [0.717, 1.165) is 41.1 Å². The summed E-state index contributed by atoms with van der Waals surface area (Å²) in [5.74, 6) is 0.277. The van der Waals surface area contributed by atoms with Crippen LogP contribution in [0.15, 0.2) is 47.6 Å². The number of hydrazone groups is 1. The molecule has 2 aromatic rings. The van der Waals surface area contributed by atoms with Gasteiger partial charge in [-0.2, -0.15) is 5.10 Å². The van der Waals surface area contributed by atoms with Gasteiger partial charge in [0.15, 0.2) is 0 Å². The van der Waals surface area contributed by atoms with Gasteiger partial charge >= 0.3 is 6.03 Å². The van der Waals surface area contributed by atoms with Crippen molar-refractivity contribution in [3.8, 4) is 0 Å². The number of aryl methyl sites for hydroxylation is 1. The smallest absolute Gasteiger partial charge is 0.325 e. The molecule has 3 amide bonds. The number of rotatable bonds is 6. The van der Waals surface area contributed by atoms with Gasteiger partial charge in [0.2, 0.25) is 5.91 Å². The molecule has 1 aliphatic heterocycles. The lowest BCUT2D eigenvalue weighted by Crippen LogP contribution is -2.41. The van der Waals surface area contributed by atoms with Gasteiger partial charge in [0.05, 0.1) is 29.7 Å². The lowest BCUT2D eigenvalue weighted by molar-refractivity contribution is -0.116. The van der Waals surface area contributed by atoms with Gasteiger partial charge in [-0.25, -0.2) is 9.80 Å². The number of benzene rings is 2. The second kappa shape index (κ2) is 10.6. The van der Waals surface area contributed by atoms with Crippen LogP contribution < -0.4 is 10.2 Å². The number of anilines is 3. The van der Waals surface area contributed by atoms with E-state index in [2.05, 4.69) is 30.4 Å². The maximum atomic E-state index is 13.9. The van der Waals surface area contributed by atoms with Crippen LogP contribution in [0.5, 0.6) is 0 Å². The quantitative estimate of drug-likeness (QED) is 0.577. The predicted molar refractivity (Wildman–Crippen MR) is 142 cm³/mol. The van der Waals surface area contributed by atoms with E-state index in [-0.39, 0.29) is 18.0 Å². The number of carbonyl (C=O) groups is 2. The lowest BCUT2D eigenvalue weighted by atomic mass is 9.82. The fourth-order valence-corrected chi connectivity index (χ4v) is 4.91. The summed E-state index contributed by atoms with van der Waals surface area (Å²) in [6.07, 6.45) is 5.87. The molecule has 35 heavy (non-hydrogen) atoms. The molecule has 2 aliphatic rings. The Labute approximate surface area is 208 Å². The second-order valence-corrected chi connectivity index (χ2v) is 10.2. The molecule has 1 N–H and O–H groups in total. The normalized spacial score (nSPS) is 16.9. The third kappa shape index (κ3) is 5.56. The van der Waals surface area contributed by atoms with E-state index in [9.17, 15) is 9.59 Å². The lowest BCUT2D eigenvalue weighted by Gasteiger charge is -2.29. The molecular formula is C28H37N5O2. The maximum Gasteiger partial charge on any atom is 0.349 e. The summed E-state index contributed by atoms with van der Waals surface area (Å²) in [5, 5.41) is 9.55. The molecule has 1 fully saturated rings. The molecule has 4 rings (SSSR count). The van der Waals surface area contributed by atoms with Crippen molar-refractivity contribution in [1.29, 1.82) is 0 Å². The van der Waals surface area contributed by atoms with E-state index < -0.39 is 0 Å². The third-order valence-corrected chi connectivity index (χ3v) is 6.62. The highest BCUT2D eigenvalue weighted by atomic mass is 16.2. The first-order chi connectivity index (χ1) is 16.7. The zero-order chi connectivity index (χ0) is 25.1. The fourth-order valence-electron chi connectivity index (χ4n) is 4.91. The largest absolute Gasteiger partial charge is 0.349 e. The topological polar surface area (TPSA) is 68.2 Å². The summed E-state index contributed by atoms with van der Waals surface area (Å²) in [6.45, 7) is 6.36. The summed E-state index contributed by atoms with van der Waals surface area (Å²) < 4.78 is 0. The van der Waals surface area contributed by atoms with Crippen LogP contribution >= 0.6 is 0 Å². The third-order valence-electron chi connectivity index (χ3n) is 6.62. The van der Waals surface area contributed by atoms with Crippen LogP contribution in [0.1, 0.15) is 57.1 Å². The highest BCUT2D eigenvalue weighted by molar-refractivity contribution is 6.14. The van der Waals surface area contributed by atoms with Crippen molar-refractivity contribution in [2.75, 3.05) is 30.9 Å². The molecule has 186 valence electrons. The van der Waals surface area contributed by atoms with Gasteiger partial charge in [-0.1, -0.05) is 31.4 Å².